The molecule has 2 aliphatic rings. The van der Waals surface area contributed by atoms with Crippen molar-refractivity contribution in [3.8, 4) is 0 Å². The molecule has 126 valence electrons. The highest BCUT2D eigenvalue weighted by Crippen LogP contribution is 2.33. The van der Waals surface area contributed by atoms with Gasteiger partial charge in [0.05, 0.1) is 24.4 Å². The number of nitrogens with zero attached hydrogens (tertiary/aromatic N) is 1. The van der Waals surface area contributed by atoms with Gasteiger partial charge in [-0.1, -0.05) is 36.4 Å². The Bertz CT molecular complexity index is 573. The molecule has 2 aliphatic heterocycles. The second-order valence-electron chi connectivity index (χ2n) is 7.00. The molecule has 4 atom stereocenters. The minimum Gasteiger partial charge on any atom is -0.372 e. The molecule has 0 saturated carbocycles. The van der Waals surface area contributed by atoms with Crippen LogP contribution in [0.1, 0.15) is 36.8 Å². The molecule has 0 spiro atoms. The van der Waals surface area contributed by atoms with E-state index in [4.69, 9.17) is 9.47 Å². The van der Waals surface area contributed by atoms with E-state index >= 15 is 0 Å². The largest absolute Gasteiger partial charge is 0.372 e. The van der Waals surface area contributed by atoms with Crippen LogP contribution in [0, 0.1) is 0 Å². The molecule has 0 unspecified atom stereocenters. The second-order valence-corrected chi connectivity index (χ2v) is 7.00. The molecular formula is C21H25NO2. The number of pyridine rings is 1. The molecule has 0 aliphatic carbocycles. The van der Waals surface area contributed by atoms with Crippen LogP contribution in [0.2, 0.25) is 0 Å². The first kappa shape index (κ1) is 15.8. The van der Waals surface area contributed by atoms with E-state index in [0.717, 1.165) is 38.5 Å². The van der Waals surface area contributed by atoms with Crippen LogP contribution >= 0.6 is 0 Å². The van der Waals surface area contributed by atoms with Crippen molar-refractivity contribution >= 4 is 0 Å². The summed E-state index contributed by atoms with van der Waals surface area (Å²) in [6, 6.07) is 14.8. The van der Waals surface area contributed by atoms with Crippen molar-refractivity contribution in [2.75, 3.05) is 0 Å². The summed E-state index contributed by atoms with van der Waals surface area (Å²) in [7, 11) is 0. The van der Waals surface area contributed by atoms with Crippen molar-refractivity contribution in [2.24, 2.45) is 0 Å². The maximum absolute atomic E-state index is 6.31. The average Bonchev–Trinajstić information content (AvgIpc) is 3.26. The predicted octanol–water partition coefficient (Wildman–Crippen LogP) is 3.96. The molecule has 3 heteroatoms. The van der Waals surface area contributed by atoms with Gasteiger partial charge < -0.3 is 9.47 Å². The van der Waals surface area contributed by atoms with Gasteiger partial charge >= 0.3 is 0 Å². The summed E-state index contributed by atoms with van der Waals surface area (Å²) in [6.07, 6.45) is 11.5. The fourth-order valence-electron chi connectivity index (χ4n) is 3.97. The summed E-state index contributed by atoms with van der Waals surface area (Å²) in [4.78, 5) is 4.19. The normalized spacial score (nSPS) is 29.8. The number of aromatic nitrogens is 1. The quantitative estimate of drug-likeness (QED) is 0.834. The zero-order valence-electron chi connectivity index (χ0n) is 14.0. The number of hydrogen-bond donors (Lipinski definition) is 0. The molecule has 1 aromatic carbocycles. The maximum Gasteiger partial charge on any atom is 0.0841 e. The molecule has 2 saturated heterocycles. The summed E-state index contributed by atoms with van der Waals surface area (Å²) < 4.78 is 12.6. The van der Waals surface area contributed by atoms with Crippen LogP contribution in [0.3, 0.4) is 0 Å². The maximum atomic E-state index is 6.31. The monoisotopic (exact) mass is 323 g/mol. The first-order valence-corrected chi connectivity index (χ1v) is 9.10. The average molecular weight is 323 g/mol. The van der Waals surface area contributed by atoms with Gasteiger partial charge in [0, 0.05) is 18.8 Å². The Morgan fingerprint density at radius 1 is 0.750 bits per heavy atom. The lowest BCUT2D eigenvalue weighted by molar-refractivity contribution is -0.0642. The Labute approximate surface area is 144 Å². The molecule has 0 bridgehead atoms. The molecule has 3 nitrogen and oxygen atoms in total. The van der Waals surface area contributed by atoms with Gasteiger partial charge in [-0.2, -0.15) is 0 Å². The number of ether oxygens (including phenoxy) is 2. The molecule has 3 heterocycles. The van der Waals surface area contributed by atoms with Crippen molar-refractivity contribution in [2.45, 2.75) is 62.9 Å². The highest BCUT2D eigenvalue weighted by Gasteiger charge is 2.37. The Morgan fingerprint density at radius 3 is 2.00 bits per heavy atom. The van der Waals surface area contributed by atoms with Gasteiger partial charge in [-0.3, -0.25) is 4.98 Å². The third-order valence-electron chi connectivity index (χ3n) is 5.19. The standard InChI is InChI=1S/C21H25NO2/c1-2-5-16(6-3-1)13-18-8-10-20(23-18)21-11-9-19(24-21)14-17-7-4-12-22-15-17/h1-7,12,15,18-21H,8-11,13-14H2/t18-,19-,20-,21-/m1/s1. The van der Waals surface area contributed by atoms with Crippen LogP contribution in [0.4, 0.5) is 0 Å². The van der Waals surface area contributed by atoms with E-state index in [-0.39, 0.29) is 12.2 Å². The lowest BCUT2D eigenvalue weighted by Crippen LogP contribution is -2.27. The van der Waals surface area contributed by atoms with Gasteiger partial charge in [0.1, 0.15) is 0 Å². The highest BCUT2D eigenvalue weighted by molar-refractivity contribution is 5.16. The van der Waals surface area contributed by atoms with Gasteiger partial charge in [-0.25, -0.2) is 0 Å². The van der Waals surface area contributed by atoms with E-state index < -0.39 is 0 Å². The first-order valence-electron chi connectivity index (χ1n) is 9.10. The number of benzene rings is 1. The van der Waals surface area contributed by atoms with E-state index in [1.807, 2.05) is 18.5 Å². The Kier molecular flexibility index (Phi) is 4.91. The number of rotatable bonds is 5. The van der Waals surface area contributed by atoms with Gasteiger partial charge in [0.2, 0.25) is 0 Å². The molecule has 24 heavy (non-hydrogen) atoms. The van der Waals surface area contributed by atoms with Gasteiger partial charge in [-0.05, 0) is 49.3 Å². The van der Waals surface area contributed by atoms with Gasteiger partial charge in [0.25, 0.3) is 0 Å². The molecule has 1 aromatic heterocycles. The smallest absolute Gasteiger partial charge is 0.0841 e. The minimum atomic E-state index is 0.271. The fraction of sp³-hybridized carbons (Fsp3) is 0.476. The van der Waals surface area contributed by atoms with E-state index in [1.165, 1.54) is 11.1 Å². The van der Waals surface area contributed by atoms with Crippen LogP contribution in [0.5, 0.6) is 0 Å². The van der Waals surface area contributed by atoms with Crippen molar-refractivity contribution in [3.63, 3.8) is 0 Å². The number of hydrogen-bond acceptors (Lipinski definition) is 3. The molecular weight excluding hydrogens is 298 g/mol. The fourth-order valence-corrected chi connectivity index (χ4v) is 3.97. The van der Waals surface area contributed by atoms with Crippen molar-refractivity contribution in [1.29, 1.82) is 0 Å². The zero-order chi connectivity index (χ0) is 16.2. The summed E-state index contributed by atoms with van der Waals surface area (Å²) in [5, 5.41) is 0. The highest BCUT2D eigenvalue weighted by atomic mass is 16.6. The summed E-state index contributed by atoms with van der Waals surface area (Å²) >= 11 is 0. The van der Waals surface area contributed by atoms with E-state index in [1.54, 1.807) is 0 Å². The predicted molar refractivity (Wildman–Crippen MR) is 93.9 cm³/mol. The lowest BCUT2D eigenvalue weighted by Gasteiger charge is -2.21. The molecule has 2 aromatic rings. The third-order valence-corrected chi connectivity index (χ3v) is 5.19. The van der Waals surface area contributed by atoms with Crippen molar-refractivity contribution in [1.82, 2.24) is 4.98 Å². The van der Waals surface area contributed by atoms with Crippen LogP contribution in [0.15, 0.2) is 54.9 Å². The summed E-state index contributed by atoms with van der Waals surface area (Å²) in [5.41, 5.74) is 2.63. The summed E-state index contributed by atoms with van der Waals surface area (Å²) in [6.45, 7) is 0. The molecule has 0 radical (unpaired) electrons. The van der Waals surface area contributed by atoms with Crippen molar-refractivity contribution in [3.05, 3.63) is 66.0 Å². The van der Waals surface area contributed by atoms with Crippen LogP contribution in [-0.2, 0) is 22.3 Å². The molecule has 4 rings (SSSR count). The molecule has 2 fully saturated rings. The Morgan fingerprint density at radius 2 is 1.38 bits per heavy atom. The first-order chi connectivity index (χ1) is 11.9. The topological polar surface area (TPSA) is 31.4 Å². The zero-order valence-corrected chi connectivity index (χ0v) is 14.0. The third kappa shape index (κ3) is 3.85. The molecule has 0 amide bonds. The van der Waals surface area contributed by atoms with E-state index in [9.17, 15) is 0 Å². The Balaban J connectivity index is 1.27. The lowest BCUT2D eigenvalue weighted by atomic mass is 10.0. The SMILES string of the molecule is c1ccc(C[C@H]2CC[C@H]([C@H]3CC[C@H](Cc4cccnc4)O3)O2)cc1. The van der Waals surface area contributed by atoms with Crippen LogP contribution in [-0.4, -0.2) is 29.4 Å². The van der Waals surface area contributed by atoms with Crippen molar-refractivity contribution < 1.29 is 9.47 Å². The van der Waals surface area contributed by atoms with Crippen LogP contribution in [0.25, 0.3) is 0 Å². The second kappa shape index (κ2) is 7.45. The minimum absolute atomic E-state index is 0.271. The van der Waals surface area contributed by atoms with E-state index in [0.29, 0.717) is 12.2 Å². The van der Waals surface area contributed by atoms with Gasteiger partial charge in [0.15, 0.2) is 0 Å². The van der Waals surface area contributed by atoms with E-state index in [2.05, 4.69) is 41.4 Å². The molecule has 0 N–H and O–H groups in total. The van der Waals surface area contributed by atoms with Gasteiger partial charge in [-0.15, -0.1) is 0 Å². The Hall–Kier alpha value is -1.71. The summed E-state index contributed by atoms with van der Waals surface area (Å²) in [5.74, 6) is 0. The van der Waals surface area contributed by atoms with Crippen LogP contribution < -0.4 is 0 Å².